The van der Waals surface area contributed by atoms with Crippen molar-refractivity contribution in [3.8, 4) is 0 Å². The van der Waals surface area contributed by atoms with E-state index in [2.05, 4.69) is 10.2 Å². The third-order valence-electron chi connectivity index (χ3n) is 3.99. The molecule has 1 aliphatic carbocycles. The predicted molar refractivity (Wildman–Crippen MR) is 83.7 cm³/mol. The van der Waals surface area contributed by atoms with Gasteiger partial charge in [-0.25, -0.2) is 0 Å². The highest BCUT2D eigenvalue weighted by atomic mass is 16.2. The van der Waals surface area contributed by atoms with Gasteiger partial charge in [-0.15, -0.1) is 0 Å². The molecule has 0 saturated heterocycles. The Kier molecular flexibility index (Phi) is 5.01. The summed E-state index contributed by atoms with van der Waals surface area (Å²) in [7, 11) is 2.02. The Bertz CT molecular complexity index is 467. The quantitative estimate of drug-likeness (QED) is 0.812. The molecule has 4 nitrogen and oxygen atoms in total. The summed E-state index contributed by atoms with van der Waals surface area (Å²) in [6.07, 6.45) is 5.29. The van der Waals surface area contributed by atoms with Gasteiger partial charge in [-0.3, -0.25) is 9.69 Å². The molecule has 110 valence electrons. The number of nitrogens with two attached hydrogens (primary N) is 1. The minimum Gasteiger partial charge on any atom is -0.399 e. The van der Waals surface area contributed by atoms with Crippen LogP contribution in [0.4, 0.5) is 11.4 Å². The van der Waals surface area contributed by atoms with Gasteiger partial charge in [0.1, 0.15) is 0 Å². The van der Waals surface area contributed by atoms with Crippen LogP contribution in [-0.2, 0) is 4.79 Å². The highest BCUT2D eigenvalue weighted by Crippen LogP contribution is 2.25. The predicted octanol–water partition coefficient (Wildman–Crippen LogP) is 2.64. The summed E-state index contributed by atoms with van der Waals surface area (Å²) in [6, 6.07) is 5.58. The highest BCUT2D eigenvalue weighted by Gasteiger charge is 2.18. The molecule has 1 saturated carbocycles. The summed E-state index contributed by atoms with van der Waals surface area (Å²) in [5.74, 6) is 0.793. The molecule has 0 bridgehead atoms. The van der Waals surface area contributed by atoms with Crippen molar-refractivity contribution in [2.75, 3.05) is 31.2 Å². The molecular weight excluding hydrogens is 250 g/mol. The van der Waals surface area contributed by atoms with Gasteiger partial charge in [-0.2, -0.15) is 0 Å². The number of hydrogen-bond donors (Lipinski definition) is 2. The Balaban J connectivity index is 1.83. The number of anilines is 2. The number of nitrogen functional groups attached to an aromatic ring is 1. The topological polar surface area (TPSA) is 58.4 Å². The maximum atomic E-state index is 12.1. The minimum absolute atomic E-state index is 0.0270. The van der Waals surface area contributed by atoms with Gasteiger partial charge in [-0.05, 0) is 50.4 Å². The summed E-state index contributed by atoms with van der Waals surface area (Å²) < 4.78 is 0. The average molecular weight is 275 g/mol. The number of benzene rings is 1. The van der Waals surface area contributed by atoms with Gasteiger partial charge in [0.15, 0.2) is 0 Å². The van der Waals surface area contributed by atoms with E-state index in [-0.39, 0.29) is 5.91 Å². The molecule has 1 aromatic rings. The third-order valence-corrected chi connectivity index (χ3v) is 3.99. The smallest absolute Gasteiger partial charge is 0.238 e. The van der Waals surface area contributed by atoms with E-state index in [0.29, 0.717) is 12.2 Å². The van der Waals surface area contributed by atoms with Crippen LogP contribution in [0.3, 0.4) is 0 Å². The van der Waals surface area contributed by atoms with E-state index in [9.17, 15) is 4.79 Å². The molecule has 0 radical (unpaired) electrons. The van der Waals surface area contributed by atoms with E-state index in [1.54, 1.807) is 0 Å². The van der Waals surface area contributed by atoms with Crippen LogP contribution >= 0.6 is 0 Å². The first-order valence-corrected chi connectivity index (χ1v) is 7.39. The number of aryl methyl sites for hydroxylation is 1. The van der Waals surface area contributed by atoms with Crippen LogP contribution in [0.2, 0.25) is 0 Å². The van der Waals surface area contributed by atoms with Gasteiger partial charge >= 0.3 is 0 Å². The fourth-order valence-electron chi connectivity index (χ4n) is 2.91. The van der Waals surface area contributed by atoms with Crippen molar-refractivity contribution in [2.45, 2.75) is 32.6 Å². The summed E-state index contributed by atoms with van der Waals surface area (Å²) >= 11 is 0. The SMILES string of the molecule is Cc1ccc(N)cc1NC(=O)CN(C)CC1CCCC1. The summed E-state index contributed by atoms with van der Waals surface area (Å²) in [5, 5.41) is 2.95. The Morgan fingerprint density at radius 1 is 1.40 bits per heavy atom. The molecule has 0 atom stereocenters. The van der Waals surface area contributed by atoms with Crippen molar-refractivity contribution in [3.05, 3.63) is 23.8 Å². The maximum absolute atomic E-state index is 12.1. The zero-order valence-electron chi connectivity index (χ0n) is 12.5. The van der Waals surface area contributed by atoms with Crippen molar-refractivity contribution >= 4 is 17.3 Å². The molecule has 0 unspecified atom stereocenters. The Hall–Kier alpha value is -1.55. The summed E-state index contributed by atoms with van der Waals surface area (Å²) in [4.78, 5) is 14.2. The second-order valence-electron chi connectivity index (χ2n) is 5.97. The highest BCUT2D eigenvalue weighted by molar-refractivity contribution is 5.93. The minimum atomic E-state index is 0.0270. The van der Waals surface area contributed by atoms with Crippen molar-refractivity contribution in [1.82, 2.24) is 4.90 Å². The van der Waals surface area contributed by atoms with E-state index in [4.69, 9.17) is 5.73 Å². The zero-order valence-corrected chi connectivity index (χ0v) is 12.5. The number of nitrogens with one attached hydrogen (secondary N) is 1. The van der Waals surface area contributed by atoms with Gasteiger partial charge in [0.2, 0.25) is 5.91 Å². The fourth-order valence-corrected chi connectivity index (χ4v) is 2.91. The van der Waals surface area contributed by atoms with Gasteiger partial charge < -0.3 is 11.1 Å². The normalized spacial score (nSPS) is 15.8. The van der Waals surface area contributed by atoms with E-state index in [0.717, 1.165) is 23.7 Å². The maximum Gasteiger partial charge on any atom is 0.238 e. The number of amides is 1. The standard InChI is InChI=1S/C16H25N3O/c1-12-7-8-14(17)9-15(12)18-16(20)11-19(2)10-13-5-3-4-6-13/h7-9,13H,3-6,10-11,17H2,1-2H3,(H,18,20). The molecule has 0 aromatic heterocycles. The molecule has 1 amide bonds. The van der Waals surface area contributed by atoms with Crippen LogP contribution in [0.15, 0.2) is 18.2 Å². The van der Waals surface area contributed by atoms with Crippen LogP contribution in [-0.4, -0.2) is 30.9 Å². The second-order valence-corrected chi connectivity index (χ2v) is 5.97. The first kappa shape index (κ1) is 14.9. The molecular formula is C16H25N3O. The lowest BCUT2D eigenvalue weighted by atomic mass is 10.1. The van der Waals surface area contributed by atoms with E-state index >= 15 is 0 Å². The Morgan fingerprint density at radius 3 is 2.80 bits per heavy atom. The zero-order chi connectivity index (χ0) is 14.5. The molecule has 1 aromatic carbocycles. The number of carbonyl (C=O) groups excluding carboxylic acids is 1. The van der Waals surface area contributed by atoms with E-state index in [1.165, 1.54) is 25.7 Å². The monoisotopic (exact) mass is 275 g/mol. The molecule has 20 heavy (non-hydrogen) atoms. The van der Waals surface area contributed by atoms with Crippen molar-refractivity contribution in [2.24, 2.45) is 5.92 Å². The lowest BCUT2D eigenvalue weighted by molar-refractivity contribution is -0.117. The Labute approximate surface area is 121 Å². The largest absolute Gasteiger partial charge is 0.399 e. The van der Waals surface area contributed by atoms with Crippen LogP contribution < -0.4 is 11.1 Å². The summed E-state index contributed by atoms with van der Waals surface area (Å²) in [5.41, 5.74) is 8.27. The number of carbonyl (C=O) groups is 1. The first-order valence-electron chi connectivity index (χ1n) is 7.39. The summed E-state index contributed by atoms with van der Waals surface area (Å²) in [6.45, 7) is 3.42. The number of rotatable bonds is 5. The van der Waals surface area contributed by atoms with Crippen molar-refractivity contribution in [1.29, 1.82) is 0 Å². The Morgan fingerprint density at radius 2 is 2.10 bits per heavy atom. The second kappa shape index (κ2) is 6.75. The molecule has 2 rings (SSSR count). The van der Waals surface area contributed by atoms with Crippen molar-refractivity contribution < 1.29 is 4.79 Å². The van der Waals surface area contributed by atoms with Crippen LogP contribution in [0.5, 0.6) is 0 Å². The number of nitrogens with zero attached hydrogens (tertiary/aromatic N) is 1. The average Bonchev–Trinajstić information content (AvgIpc) is 2.86. The van der Waals surface area contributed by atoms with Crippen LogP contribution in [0.1, 0.15) is 31.2 Å². The third kappa shape index (κ3) is 4.23. The van der Waals surface area contributed by atoms with Gasteiger partial charge in [-0.1, -0.05) is 18.9 Å². The molecule has 0 heterocycles. The fraction of sp³-hybridized carbons (Fsp3) is 0.562. The molecule has 0 aliphatic heterocycles. The lowest BCUT2D eigenvalue weighted by Crippen LogP contribution is -2.33. The number of hydrogen-bond acceptors (Lipinski definition) is 3. The molecule has 4 heteroatoms. The van der Waals surface area contributed by atoms with Crippen LogP contribution in [0.25, 0.3) is 0 Å². The van der Waals surface area contributed by atoms with E-state index < -0.39 is 0 Å². The molecule has 0 spiro atoms. The number of likely N-dealkylation sites (N-methyl/N-ethyl adjacent to an activating group) is 1. The van der Waals surface area contributed by atoms with Gasteiger partial charge in [0.05, 0.1) is 6.54 Å². The molecule has 1 fully saturated rings. The molecule has 3 N–H and O–H groups in total. The molecule has 1 aliphatic rings. The van der Waals surface area contributed by atoms with Gasteiger partial charge in [0.25, 0.3) is 0 Å². The van der Waals surface area contributed by atoms with E-state index in [1.807, 2.05) is 32.2 Å². The lowest BCUT2D eigenvalue weighted by Gasteiger charge is -2.20. The first-order chi connectivity index (χ1) is 9.54. The van der Waals surface area contributed by atoms with Gasteiger partial charge in [0, 0.05) is 17.9 Å². The van der Waals surface area contributed by atoms with Crippen molar-refractivity contribution in [3.63, 3.8) is 0 Å². The van der Waals surface area contributed by atoms with Crippen LogP contribution in [0, 0.1) is 12.8 Å².